The Labute approximate surface area is 96.3 Å². The molecule has 1 aromatic rings. The molecule has 2 nitrogen and oxygen atoms in total. The van der Waals surface area contributed by atoms with E-state index in [0.29, 0.717) is 6.61 Å². The highest BCUT2D eigenvalue weighted by Crippen LogP contribution is 2.31. The summed E-state index contributed by atoms with van der Waals surface area (Å²) in [5.41, 5.74) is 1.21. The number of hydrogen-bond acceptors (Lipinski definition) is 2. The molecule has 2 aliphatic rings. The van der Waals surface area contributed by atoms with Crippen LogP contribution in [-0.2, 0) is 4.74 Å². The zero-order valence-corrected chi connectivity index (χ0v) is 8.84. The van der Waals surface area contributed by atoms with Crippen molar-refractivity contribution in [1.82, 2.24) is 0 Å². The van der Waals surface area contributed by atoms with Crippen molar-refractivity contribution >= 4 is 5.90 Å². The van der Waals surface area contributed by atoms with Gasteiger partial charge in [0.2, 0.25) is 0 Å². The third-order valence-electron chi connectivity index (χ3n) is 2.74. The van der Waals surface area contributed by atoms with E-state index in [2.05, 4.69) is 17.1 Å². The van der Waals surface area contributed by atoms with E-state index in [1.807, 2.05) is 43.9 Å². The zero-order chi connectivity index (χ0) is 10.8. The van der Waals surface area contributed by atoms with Crippen LogP contribution in [0.4, 0.5) is 0 Å². The van der Waals surface area contributed by atoms with Crippen LogP contribution < -0.4 is 0 Å². The summed E-state index contributed by atoms with van der Waals surface area (Å²) in [4.78, 5) is 4.60. The lowest BCUT2D eigenvalue weighted by atomic mass is 10.1. The molecule has 0 saturated heterocycles. The van der Waals surface area contributed by atoms with E-state index in [4.69, 9.17) is 4.74 Å². The highest BCUT2D eigenvalue weighted by molar-refractivity contribution is 5.96. The summed E-state index contributed by atoms with van der Waals surface area (Å²) in [6.45, 7) is 0.643. The summed E-state index contributed by atoms with van der Waals surface area (Å²) in [5, 5.41) is 0. The van der Waals surface area contributed by atoms with Gasteiger partial charge in [0.1, 0.15) is 12.6 Å². The molecule has 0 aromatic heterocycles. The van der Waals surface area contributed by atoms with Crippen molar-refractivity contribution in [2.45, 2.75) is 6.04 Å². The fourth-order valence-corrected chi connectivity index (χ4v) is 1.89. The molecule has 0 N–H and O–H groups in total. The lowest BCUT2D eigenvalue weighted by molar-refractivity contribution is 0.317. The summed E-state index contributed by atoms with van der Waals surface area (Å²) in [7, 11) is 0. The van der Waals surface area contributed by atoms with Gasteiger partial charge in [-0.15, -0.1) is 0 Å². The van der Waals surface area contributed by atoms with Crippen molar-refractivity contribution in [3.8, 4) is 0 Å². The molecule has 2 heteroatoms. The standard InChI is InChI=1S/C14H12NO/c1-2-6-11(7-3-1)13-10-16-14(15-13)12-8-4-5-9-12/h1-9,13H,10H2. The Morgan fingerprint density at radius 2 is 1.81 bits per heavy atom. The molecule has 1 heterocycles. The molecule has 1 aliphatic heterocycles. The fraction of sp³-hybridized carbons (Fsp3) is 0.143. The Balaban J connectivity index is 1.75. The van der Waals surface area contributed by atoms with Crippen LogP contribution in [0.15, 0.2) is 35.3 Å². The molecule has 3 rings (SSSR count). The SMILES string of the molecule is [CH]1[CH][CH][C](C2=NC(c3ccccc3)CO2)[CH]1. The maximum absolute atomic E-state index is 5.61. The number of rotatable bonds is 2. The van der Waals surface area contributed by atoms with Crippen LogP contribution in [0.5, 0.6) is 0 Å². The van der Waals surface area contributed by atoms with E-state index in [0.717, 1.165) is 11.8 Å². The Kier molecular flexibility index (Phi) is 2.65. The normalized spacial score (nSPS) is 25.5. The number of benzene rings is 1. The van der Waals surface area contributed by atoms with Gasteiger partial charge in [0, 0.05) is 0 Å². The lowest BCUT2D eigenvalue weighted by Gasteiger charge is -2.05. The Bertz CT molecular complexity index is 379. The molecular weight excluding hydrogens is 198 g/mol. The van der Waals surface area contributed by atoms with Crippen LogP contribution in [-0.4, -0.2) is 12.5 Å². The second kappa shape index (κ2) is 4.28. The molecule has 5 radical (unpaired) electrons. The first-order valence-electron chi connectivity index (χ1n) is 5.41. The molecule has 79 valence electrons. The molecule has 0 amide bonds. The minimum absolute atomic E-state index is 0.145. The van der Waals surface area contributed by atoms with Crippen LogP contribution in [0.1, 0.15) is 11.6 Å². The van der Waals surface area contributed by atoms with Crippen molar-refractivity contribution in [3.05, 3.63) is 67.5 Å². The van der Waals surface area contributed by atoms with Gasteiger partial charge >= 0.3 is 0 Å². The van der Waals surface area contributed by atoms with Crippen LogP contribution in [0.3, 0.4) is 0 Å². The smallest absolute Gasteiger partial charge is 0.192 e. The average Bonchev–Trinajstić information content (AvgIpc) is 3.01. The zero-order valence-electron chi connectivity index (χ0n) is 8.84. The van der Waals surface area contributed by atoms with E-state index in [1.165, 1.54) is 5.56 Å². The van der Waals surface area contributed by atoms with Crippen molar-refractivity contribution in [2.24, 2.45) is 4.99 Å². The minimum Gasteiger partial charge on any atom is -0.478 e. The third-order valence-corrected chi connectivity index (χ3v) is 2.74. The summed E-state index contributed by atoms with van der Waals surface area (Å²) >= 11 is 0. The number of aliphatic imine (C=N–C) groups is 1. The monoisotopic (exact) mass is 210 g/mol. The van der Waals surface area contributed by atoms with E-state index in [1.54, 1.807) is 0 Å². The maximum atomic E-state index is 5.61. The highest BCUT2D eigenvalue weighted by atomic mass is 16.5. The molecule has 1 saturated carbocycles. The first-order chi connectivity index (χ1) is 7.93. The molecule has 16 heavy (non-hydrogen) atoms. The van der Waals surface area contributed by atoms with Crippen molar-refractivity contribution in [3.63, 3.8) is 0 Å². The van der Waals surface area contributed by atoms with Gasteiger partial charge in [0.15, 0.2) is 5.90 Å². The van der Waals surface area contributed by atoms with Crippen molar-refractivity contribution in [2.75, 3.05) is 6.61 Å². The number of ether oxygens (including phenoxy) is 1. The molecule has 1 aromatic carbocycles. The topological polar surface area (TPSA) is 21.6 Å². The van der Waals surface area contributed by atoms with Crippen LogP contribution in [0.2, 0.25) is 0 Å². The fourth-order valence-electron chi connectivity index (χ4n) is 1.89. The lowest BCUT2D eigenvalue weighted by Crippen LogP contribution is -2.09. The summed E-state index contributed by atoms with van der Waals surface area (Å²) in [6, 6.07) is 10.4. The van der Waals surface area contributed by atoms with E-state index < -0.39 is 0 Å². The predicted molar refractivity (Wildman–Crippen MR) is 63.0 cm³/mol. The van der Waals surface area contributed by atoms with E-state index in [9.17, 15) is 0 Å². The molecule has 0 bridgehead atoms. The first kappa shape index (κ1) is 9.88. The van der Waals surface area contributed by atoms with Crippen LogP contribution in [0, 0.1) is 31.6 Å². The minimum atomic E-state index is 0.145. The number of hydrogen-bond donors (Lipinski definition) is 0. The Morgan fingerprint density at radius 1 is 1.06 bits per heavy atom. The molecule has 1 aliphatic carbocycles. The summed E-state index contributed by atoms with van der Waals surface area (Å²) in [6.07, 6.45) is 8.03. The van der Waals surface area contributed by atoms with Crippen molar-refractivity contribution < 1.29 is 4.74 Å². The second-order valence-corrected chi connectivity index (χ2v) is 3.85. The van der Waals surface area contributed by atoms with Gasteiger partial charge in [0.05, 0.1) is 5.92 Å². The molecule has 1 unspecified atom stereocenters. The summed E-state index contributed by atoms with van der Waals surface area (Å²) < 4.78 is 5.61. The van der Waals surface area contributed by atoms with Gasteiger partial charge in [-0.2, -0.15) is 0 Å². The third kappa shape index (κ3) is 1.84. The Hall–Kier alpha value is -1.31. The van der Waals surface area contributed by atoms with Gasteiger partial charge in [-0.25, -0.2) is 4.99 Å². The average molecular weight is 210 g/mol. The quantitative estimate of drug-likeness (QED) is 0.735. The molecule has 0 spiro atoms. The first-order valence-corrected chi connectivity index (χ1v) is 5.41. The number of nitrogens with zero attached hydrogens (tertiary/aromatic N) is 1. The summed E-state index contributed by atoms with van der Waals surface area (Å²) in [5.74, 6) is 1.83. The van der Waals surface area contributed by atoms with Crippen LogP contribution >= 0.6 is 0 Å². The predicted octanol–water partition coefficient (Wildman–Crippen LogP) is 2.56. The molecular formula is C14H12NO. The molecule has 1 atom stereocenters. The van der Waals surface area contributed by atoms with E-state index in [-0.39, 0.29) is 6.04 Å². The second-order valence-electron chi connectivity index (χ2n) is 3.85. The largest absolute Gasteiger partial charge is 0.478 e. The highest BCUT2D eigenvalue weighted by Gasteiger charge is 2.29. The van der Waals surface area contributed by atoms with Crippen LogP contribution in [0.25, 0.3) is 0 Å². The maximum Gasteiger partial charge on any atom is 0.192 e. The van der Waals surface area contributed by atoms with Gasteiger partial charge in [-0.1, -0.05) is 30.3 Å². The van der Waals surface area contributed by atoms with Gasteiger partial charge in [0.25, 0.3) is 0 Å². The van der Waals surface area contributed by atoms with Gasteiger partial charge in [-0.05, 0) is 31.2 Å². The van der Waals surface area contributed by atoms with E-state index >= 15 is 0 Å². The van der Waals surface area contributed by atoms with Gasteiger partial charge < -0.3 is 4.74 Å². The van der Waals surface area contributed by atoms with Crippen molar-refractivity contribution in [1.29, 1.82) is 0 Å². The van der Waals surface area contributed by atoms with Gasteiger partial charge in [-0.3, -0.25) is 0 Å². The Morgan fingerprint density at radius 3 is 2.56 bits per heavy atom. The molecule has 1 fully saturated rings.